The van der Waals surface area contributed by atoms with E-state index in [9.17, 15) is 30.6 Å². The molecular formula is C18H4N4O2. The highest BCUT2D eigenvalue weighted by Crippen LogP contribution is 2.35. The van der Waals surface area contributed by atoms with Crippen LogP contribution in [0.5, 0.6) is 0 Å². The van der Waals surface area contributed by atoms with Gasteiger partial charge in [0.2, 0.25) is 0 Å². The van der Waals surface area contributed by atoms with Gasteiger partial charge in [0.25, 0.3) is 0 Å². The number of rotatable bonds is 0. The number of benzene rings is 2. The van der Waals surface area contributed by atoms with Crippen LogP contribution in [0, 0.1) is 45.3 Å². The monoisotopic (exact) mass is 308 g/mol. The van der Waals surface area contributed by atoms with E-state index >= 15 is 0 Å². The molecule has 1 aliphatic carbocycles. The maximum absolute atomic E-state index is 12.8. The Hall–Kier alpha value is -4.26. The molecule has 1 aliphatic rings. The van der Waals surface area contributed by atoms with Crippen molar-refractivity contribution in [3.05, 3.63) is 68.8 Å². The van der Waals surface area contributed by atoms with E-state index in [2.05, 4.69) is 0 Å². The fourth-order valence-corrected chi connectivity index (χ4v) is 2.80. The number of ketones is 2. The third-order valence-electron chi connectivity index (χ3n) is 3.82. The average molecular weight is 308 g/mol. The quantitative estimate of drug-likeness (QED) is 0.624. The van der Waals surface area contributed by atoms with Gasteiger partial charge in [0.15, 0.2) is 11.6 Å². The van der Waals surface area contributed by atoms with Crippen molar-refractivity contribution >= 4 is 11.6 Å². The molecule has 24 heavy (non-hydrogen) atoms. The lowest BCUT2D eigenvalue weighted by Gasteiger charge is -2.20. The van der Waals surface area contributed by atoms with Crippen molar-refractivity contribution in [2.24, 2.45) is 0 Å². The summed E-state index contributed by atoms with van der Waals surface area (Å²) >= 11 is 0. The van der Waals surface area contributed by atoms with Crippen molar-refractivity contribution in [2.75, 3.05) is 0 Å². The number of carbonyl (C=O) groups excluding carboxylic acids is 2. The minimum atomic E-state index is -0.616. The van der Waals surface area contributed by atoms with Crippen LogP contribution in [-0.2, 0) is 0 Å². The molecule has 0 saturated carbocycles. The van der Waals surface area contributed by atoms with Crippen LogP contribution in [0.3, 0.4) is 0 Å². The number of hydrogen-bond acceptors (Lipinski definition) is 6. The zero-order valence-electron chi connectivity index (χ0n) is 11.9. The Balaban J connectivity index is 2.60. The highest BCUT2D eigenvalue weighted by molar-refractivity contribution is 6.30. The molecule has 6 heteroatoms. The predicted molar refractivity (Wildman–Crippen MR) is 78.6 cm³/mol. The van der Waals surface area contributed by atoms with Gasteiger partial charge in [-0.05, 0) is 0 Å². The topological polar surface area (TPSA) is 129 Å². The Morgan fingerprint density at radius 3 is 1.21 bits per heavy atom. The molecule has 0 fully saturated rings. The Kier molecular flexibility index (Phi) is 3.17. The van der Waals surface area contributed by atoms with Crippen LogP contribution in [0.1, 0.15) is 54.1 Å². The largest absolute Gasteiger partial charge is 0.289 e. The first-order valence-corrected chi connectivity index (χ1v) is 6.63. The normalized spacial score (nSPS) is 11.3. The molecule has 6 nitrogen and oxygen atoms in total. The predicted octanol–water partition coefficient (Wildman–Crippen LogP) is 1.95. The first-order chi connectivity index (χ1) is 11.6. The Bertz CT molecular complexity index is 1040. The van der Waals surface area contributed by atoms with Gasteiger partial charge in [0.05, 0.1) is 33.4 Å². The first-order valence-electron chi connectivity index (χ1n) is 6.63. The summed E-state index contributed by atoms with van der Waals surface area (Å²) in [4.78, 5) is 25.5. The summed E-state index contributed by atoms with van der Waals surface area (Å²) in [5, 5.41) is 37.3. The van der Waals surface area contributed by atoms with E-state index in [1.54, 1.807) is 36.4 Å². The van der Waals surface area contributed by atoms with Crippen LogP contribution in [0.4, 0.5) is 0 Å². The second-order valence-electron chi connectivity index (χ2n) is 4.90. The van der Waals surface area contributed by atoms with Crippen molar-refractivity contribution in [1.29, 1.82) is 21.0 Å². The molecule has 2 aromatic carbocycles. The highest BCUT2D eigenvalue weighted by atomic mass is 16.1. The van der Waals surface area contributed by atoms with Gasteiger partial charge in [0, 0.05) is 11.1 Å². The lowest BCUT2D eigenvalue weighted by molar-refractivity contribution is 0.0978. The lowest BCUT2D eigenvalue weighted by atomic mass is 9.77. The van der Waals surface area contributed by atoms with Crippen LogP contribution < -0.4 is 0 Å². The second-order valence-corrected chi connectivity index (χ2v) is 4.90. The minimum Gasteiger partial charge on any atom is -0.289 e. The molecule has 0 aliphatic heterocycles. The van der Waals surface area contributed by atoms with Crippen molar-refractivity contribution in [1.82, 2.24) is 0 Å². The van der Waals surface area contributed by atoms with Gasteiger partial charge in [-0.25, -0.2) is 0 Å². The van der Waals surface area contributed by atoms with Gasteiger partial charge in [-0.3, -0.25) is 9.59 Å². The third-order valence-corrected chi connectivity index (χ3v) is 3.82. The average Bonchev–Trinajstić information content (AvgIpc) is 2.63. The number of fused-ring (bicyclic) bond motifs is 2. The molecule has 0 unspecified atom stereocenters. The summed E-state index contributed by atoms with van der Waals surface area (Å²) in [7, 11) is 0. The summed E-state index contributed by atoms with van der Waals surface area (Å²) in [5.41, 5.74) is -1.80. The smallest absolute Gasteiger partial charge is 0.195 e. The fourth-order valence-electron chi connectivity index (χ4n) is 2.80. The second kappa shape index (κ2) is 5.18. The van der Waals surface area contributed by atoms with E-state index in [0.29, 0.717) is 0 Å². The molecule has 0 amide bonds. The Labute approximate surface area is 136 Å². The molecular weight excluding hydrogens is 304 g/mol. The van der Waals surface area contributed by atoms with Crippen molar-refractivity contribution < 1.29 is 9.59 Å². The molecule has 108 valence electrons. The van der Waals surface area contributed by atoms with E-state index in [1.165, 1.54) is 12.1 Å². The number of nitriles is 4. The van der Waals surface area contributed by atoms with Crippen LogP contribution in [0.15, 0.2) is 24.3 Å². The molecule has 0 saturated heterocycles. The molecule has 3 rings (SSSR count). The van der Waals surface area contributed by atoms with Crippen LogP contribution >= 0.6 is 0 Å². The minimum absolute atomic E-state index is 0.101. The SMILES string of the molecule is N#Cc1c(C#N)c(C#N)c2c(c1C#N)C(=O)c1ccccc1C2=O. The van der Waals surface area contributed by atoms with Crippen LogP contribution in [-0.4, -0.2) is 11.6 Å². The molecule has 0 heterocycles. The highest BCUT2D eigenvalue weighted by Gasteiger charge is 2.37. The standard InChI is InChI=1S/C18H4N4O2/c19-5-11-12(6-20)14(8-22)16-15(13(11)7-21)17(23)9-3-1-2-4-10(9)18(16)24/h1-4H. The first kappa shape index (κ1) is 14.7. The van der Waals surface area contributed by atoms with Gasteiger partial charge >= 0.3 is 0 Å². The van der Waals surface area contributed by atoms with E-state index in [4.69, 9.17) is 0 Å². The van der Waals surface area contributed by atoms with Crippen molar-refractivity contribution in [3.8, 4) is 24.3 Å². The summed E-state index contributed by atoms with van der Waals surface area (Å²) in [6, 6.07) is 12.9. The molecule has 0 spiro atoms. The number of nitrogens with zero attached hydrogens (tertiary/aromatic N) is 4. The van der Waals surface area contributed by atoms with Crippen LogP contribution in [0.25, 0.3) is 0 Å². The van der Waals surface area contributed by atoms with Crippen LogP contribution in [0.2, 0.25) is 0 Å². The molecule has 0 N–H and O–H groups in total. The van der Waals surface area contributed by atoms with Gasteiger partial charge in [0.1, 0.15) is 24.3 Å². The molecule has 2 aromatic rings. The van der Waals surface area contributed by atoms with Gasteiger partial charge in [-0.1, -0.05) is 24.3 Å². The number of hydrogen-bond donors (Lipinski definition) is 0. The summed E-state index contributed by atoms with van der Waals surface area (Å²) in [5.74, 6) is -1.23. The fraction of sp³-hybridized carbons (Fsp3) is 0. The van der Waals surface area contributed by atoms with Gasteiger partial charge < -0.3 is 0 Å². The molecule has 0 atom stereocenters. The van der Waals surface area contributed by atoms with E-state index in [-0.39, 0.29) is 44.5 Å². The molecule has 0 aromatic heterocycles. The van der Waals surface area contributed by atoms with E-state index < -0.39 is 11.6 Å². The number of carbonyl (C=O) groups is 2. The Morgan fingerprint density at radius 1 is 0.583 bits per heavy atom. The molecule has 0 bridgehead atoms. The third kappa shape index (κ3) is 1.66. The summed E-state index contributed by atoms with van der Waals surface area (Å²) in [6.07, 6.45) is 0. The van der Waals surface area contributed by atoms with E-state index in [0.717, 1.165) is 0 Å². The van der Waals surface area contributed by atoms with Crippen molar-refractivity contribution in [3.63, 3.8) is 0 Å². The van der Waals surface area contributed by atoms with E-state index in [1.807, 2.05) is 0 Å². The van der Waals surface area contributed by atoms with Gasteiger partial charge in [-0.2, -0.15) is 21.0 Å². The van der Waals surface area contributed by atoms with Crippen molar-refractivity contribution in [2.45, 2.75) is 0 Å². The summed E-state index contributed by atoms with van der Waals surface area (Å²) in [6.45, 7) is 0. The zero-order chi connectivity index (χ0) is 17.4. The van der Waals surface area contributed by atoms with Gasteiger partial charge in [-0.15, -0.1) is 0 Å². The lowest BCUT2D eigenvalue weighted by Crippen LogP contribution is -2.25. The maximum atomic E-state index is 12.8. The molecule has 0 radical (unpaired) electrons. The summed E-state index contributed by atoms with van der Waals surface area (Å²) < 4.78 is 0. The maximum Gasteiger partial charge on any atom is 0.195 e. The Morgan fingerprint density at radius 2 is 0.917 bits per heavy atom. The zero-order valence-corrected chi connectivity index (χ0v) is 11.9.